The van der Waals surface area contributed by atoms with Gasteiger partial charge >= 0.3 is 0 Å². The van der Waals surface area contributed by atoms with E-state index >= 15 is 0 Å². The Balaban J connectivity index is 1.69. The molecule has 3 aromatic rings. The molecule has 0 aliphatic rings. The zero-order valence-electron chi connectivity index (χ0n) is 15.8. The van der Waals surface area contributed by atoms with Crippen LogP contribution < -0.4 is 10.9 Å². The first-order chi connectivity index (χ1) is 12.8. The van der Waals surface area contributed by atoms with Crippen LogP contribution in [-0.2, 0) is 10.5 Å². The molecule has 0 aliphatic carbocycles. The number of thioether (sulfide) groups is 1. The molecule has 0 saturated heterocycles. The van der Waals surface area contributed by atoms with Crippen LogP contribution in [0.25, 0.3) is 20.7 Å². The number of hydrogen-bond acceptors (Lipinski definition) is 6. The second-order valence-corrected chi connectivity index (χ2v) is 9.98. The molecule has 5 nitrogen and oxygen atoms in total. The van der Waals surface area contributed by atoms with Gasteiger partial charge in [0, 0.05) is 26.7 Å². The van der Waals surface area contributed by atoms with Crippen molar-refractivity contribution in [3.8, 4) is 10.4 Å². The highest BCUT2D eigenvalue weighted by Gasteiger charge is 2.15. The summed E-state index contributed by atoms with van der Waals surface area (Å²) in [6.45, 7) is 8.21. The summed E-state index contributed by atoms with van der Waals surface area (Å²) < 4.78 is 0. The second-order valence-electron chi connectivity index (χ2n) is 6.85. The quantitative estimate of drug-likeness (QED) is 0.592. The van der Waals surface area contributed by atoms with Crippen LogP contribution in [0.5, 0.6) is 0 Å². The lowest BCUT2D eigenvalue weighted by Crippen LogP contribution is -2.37. The lowest BCUT2D eigenvalue weighted by atomic mass is 10.1. The summed E-state index contributed by atoms with van der Waals surface area (Å²) in [7, 11) is 0. The first kappa shape index (κ1) is 20.1. The Kier molecular flexibility index (Phi) is 6.39. The number of aryl methyl sites for hydroxylation is 1. The van der Waals surface area contributed by atoms with Crippen molar-refractivity contribution in [3.63, 3.8) is 0 Å². The lowest BCUT2D eigenvalue weighted by Gasteiger charge is -2.17. The fraction of sp³-hybridized carbons (Fsp3) is 0.421. The average Bonchev–Trinajstić information content (AvgIpc) is 3.21. The van der Waals surface area contributed by atoms with E-state index in [1.807, 2.05) is 18.4 Å². The van der Waals surface area contributed by atoms with Crippen molar-refractivity contribution in [1.82, 2.24) is 15.3 Å². The summed E-state index contributed by atoms with van der Waals surface area (Å²) in [6, 6.07) is 4.25. The SMILES string of the molecule is Cc1ccc(-c2csc3nc(CSCC(=O)N[C@H](C)C(C)C)[nH]c(=O)c23)s1. The average molecular weight is 422 g/mol. The Morgan fingerprint density at radius 3 is 2.78 bits per heavy atom. The monoisotopic (exact) mass is 421 g/mol. The topological polar surface area (TPSA) is 74.8 Å². The van der Waals surface area contributed by atoms with Gasteiger partial charge in [0.25, 0.3) is 5.56 Å². The third kappa shape index (κ3) is 4.80. The third-order valence-electron chi connectivity index (χ3n) is 4.36. The number of hydrogen-bond donors (Lipinski definition) is 2. The molecule has 1 amide bonds. The Bertz CT molecular complexity index is 1000. The summed E-state index contributed by atoms with van der Waals surface area (Å²) in [5.41, 5.74) is 0.832. The largest absolute Gasteiger partial charge is 0.353 e. The number of fused-ring (bicyclic) bond motifs is 1. The summed E-state index contributed by atoms with van der Waals surface area (Å²) in [4.78, 5) is 35.1. The predicted octanol–water partition coefficient (Wildman–Crippen LogP) is 4.42. The number of H-pyrrole nitrogens is 1. The van der Waals surface area contributed by atoms with Gasteiger partial charge in [-0.15, -0.1) is 34.4 Å². The van der Waals surface area contributed by atoms with Gasteiger partial charge in [-0.2, -0.15) is 0 Å². The van der Waals surface area contributed by atoms with E-state index in [4.69, 9.17) is 0 Å². The van der Waals surface area contributed by atoms with E-state index in [2.05, 4.69) is 42.1 Å². The first-order valence-electron chi connectivity index (χ1n) is 8.79. The smallest absolute Gasteiger partial charge is 0.260 e. The lowest BCUT2D eigenvalue weighted by molar-refractivity contribution is -0.119. The van der Waals surface area contributed by atoms with E-state index in [1.54, 1.807) is 11.3 Å². The van der Waals surface area contributed by atoms with Gasteiger partial charge in [0.2, 0.25) is 5.91 Å². The normalized spacial score (nSPS) is 12.6. The van der Waals surface area contributed by atoms with Gasteiger partial charge in [0.05, 0.1) is 16.9 Å². The minimum Gasteiger partial charge on any atom is -0.353 e. The van der Waals surface area contributed by atoms with Gasteiger partial charge in [-0.1, -0.05) is 13.8 Å². The molecular formula is C19H23N3O2S3. The van der Waals surface area contributed by atoms with Gasteiger partial charge in [-0.3, -0.25) is 9.59 Å². The number of thiophene rings is 2. The van der Waals surface area contributed by atoms with E-state index in [9.17, 15) is 9.59 Å². The molecule has 8 heteroatoms. The van der Waals surface area contributed by atoms with E-state index < -0.39 is 0 Å². The molecule has 3 heterocycles. The molecule has 144 valence electrons. The Labute approximate surface area is 170 Å². The highest BCUT2D eigenvalue weighted by molar-refractivity contribution is 7.99. The number of nitrogens with zero attached hydrogens (tertiary/aromatic N) is 1. The standard InChI is InChI=1S/C19H23N3O2S3/c1-10(2)12(4)20-16(23)9-25-8-15-21-18(24)17-13(7-26-19(17)22-15)14-6-5-11(3)27-14/h5-7,10,12H,8-9H2,1-4H3,(H,20,23)(H,21,22,24)/t12-/m1/s1. The van der Waals surface area contributed by atoms with E-state index in [0.29, 0.717) is 28.6 Å². The Hall–Kier alpha value is -1.64. The van der Waals surface area contributed by atoms with Gasteiger partial charge in [-0.25, -0.2) is 4.98 Å². The molecule has 0 aromatic carbocycles. The Morgan fingerprint density at radius 2 is 2.11 bits per heavy atom. The van der Waals surface area contributed by atoms with Crippen LogP contribution in [-0.4, -0.2) is 27.7 Å². The molecular weight excluding hydrogens is 398 g/mol. The van der Waals surface area contributed by atoms with E-state index in [-0.39, 0.29) is 17.5 Å². The zero-order valence-corrected chi connectivity index (χ0v) is 18.2. The molecule has 0 spiro atoms. The van der Waals surface area contributed by atoms with Gasteiger partial charge in [0.15, 0.2) is 0 Å². The molecule has 3 rings (SSSR count). The van der Waals surface area contributed by atoms with Crippen LogP contribution in [0.2, 0.25) is 0 Å². The maximum absolute atomic E-state index is 12.6. The molecule has 27 heavy (non-hydrogen) atoms. The van der Waals surface area contributed by atoms with Crippen LogP contribution in [0.3, 0.4) is 0 Å². The fourth-order valence-electron chi connectivity index (χ4n) is 2.53. The molecule has 0 aliphatic heterocycles. The zero-order chi connectivity index (χ0) is 19.6. The summed E-state index contributed by atoms with van der Waals surface area (Å²) in [5.74, 6) is 1.87. The van der Waals surface area contributed by atoms with Gasteiger partial charge < -0.3 is 10.3 Å². The number of carbonyl (C=O) groups excluding carboxylic acids is 1. The molecule has 1 atom stereocenters. The van der Waals surface area contributed by atoms with Crippen molar-refractivity contribution in [3.05, 3.63) is 38.6 Å². The fourth-order valence-corrected chi connectivity index (χ4v) is 5.15. The van der Waals surface area contributed by atoms with Crippen molar-refractivity contribution in [2.75, 3.05) is 5.75 Å². The molecule has 0 radical (unpaired) electrons. The van der Waals surface area contributed by atoms with E-state index in [0.717, 1.165) is 15.3 Å². The van der Waals surface area contributed by atoms with Crippen LogP contribution in [0.1, 0.15) is 31.5 Å². The van der Waals surface area contributed by atoms with Crippen LogP contribution in [0.15, 0.2) is 22.3 Å². The van der Waals surface area contributed by atoms with Gasteiger partial charge in [0.1, 0.15) is 10.7 Å². The third-order valence-corrected chi connectivity index (χ3v) is 7.21. The number of rotatable bonds is 7. The van der Waals surface area contributed by atoms with Crippen LogP contribution in [0, 0.1) is 12.8 Å². The molecule has 0 fully saturated rings. The van der Waals surface area contributed by atoms with Crippen molar-refractivity contribution in [2.24, 2.45) is 5.92 Å². The molecule has 3 aromatic heterocycles. The number of aromatic nitrogens is 2. The highest BCUT2D eigenvalue weighted by atomic mass is 32.2. The molecule has 0 saturated carbocycles. The second kappa shape index (κ2) is 8.58. The summed E-state index contributed by atoms with van der Waals surface area (Å²) in [5, 5.41) is 5.63. The minimum absolute atomic E-state index is 0.0103. The number of aromatic amines is 1. The van der Waals surface area contributed by atoms with Crippen LogP contribution in [0.4, 0.5) is 0 Å². The summed E-state index contributed by atoms with van der Waals surface area (Å²) in [6.07, 6.45) is 0. The molecule has 0 bridgehead atoms. The van der Waals surface area contributed by atoms with Crippen molar-refractivity contribution < 1.29 is 4.79 Å². The summed E-state index contributed by atoms with van der Waals surface area (Å²) >= 11 is 4.61. The molecule has 2 N–H and O–H groups in total. The Morgan fingerprint density at radius 1 is 1.33 bits per heavy atom. The highest BCUT2D eigenvalue weighted by Crippen LogP contribution is 2.35. The van der Waals surface area contributed by atoms with E-state index in [1.165, 1.54) is 28.0 Å². The van der Waals surface area contributed by atoms with Crippen molar-refractivity contribution in [1.29, 1.82) is 0 Å². The maximum Gasteiger partial charge on any atom is 0.260 e. The predicted molar refractivity (Wildman–Crippen MR) is 117 cm³/mol. The first-order valence-corrected chi connectivity index (χ1v) is 11.6. The minimum atomic E-state index is -0.115. The van der Waals surface area contributed by atoms with Crippen LogP contribution >= 0.6 is 34.4 Å². The number of amides is 1. The van der Waals surface area contributed by atoms with Gasteiger partial charge in [-0.05, 0) is 31.9 Å². The maximum atomic E-state index is 12.6. The van der Waals surface area contributed by atoms with Crippen molar-refractivity contribution in [2.45, 2.75) is 39.5 Å². The number of nitrogens with one attached hydrogen (secondary N) is 2. The number of carbonyl (C=O) groups is 1. The van der Waals surface area contributed by atoms with Crippen molar-refractivity contribution >= 4 is 50.6 Å². The molecule has 0 unspecified atom stereocenters.